The zero-order valence-electron chi connectivity index (χ0n) is 15.9. The van der Waals surface area contributed by atoms with Crippen molar-refractivity contribution < 1.29 is 14.2 Å². The van der Waals surface area contributed by atoms with E-state index in [1.165, 1.54) is 16.7 Å². The summed E-state index contributed by atoms with van der Waals surface area (Å²) in [6.45, 7) is 1.82. The lowest BCUT2D eigenvalue weighted by Gasteiger charge is -2.43. The van der Waals surface area contributed by atoms with E-state index in [9.17, 15) is 0 Å². The predicted octanol–water partition coefficient (Wildman–Crippen LogP) is 4.72. The molecule has 2 aromatic carbocycles. The molecule has 28 heavy (non-hydrogen) atoms. The quantitative estimate of drug-likeness (QED) is 0.714. The SMILES string of the molecule is C(#CC1=Cc2ccccc2C12CCC1(CC2)OCCO1)COc1ccccc1. The lowest BCUT2D eigenvalue weighted by molar-refractivity contribution is -0.182. The van der Waals surface area contributed by atoms with E-state index in [2.05, 4.69) is 42.2 Å². The van der Waals surface area contributed by atoms with Gasteiger partial charge in [0.05, 0.1) is 13.2 Å². The first-order valence-corrected chi connectivity index (χ1v) is 10.1. The van der Waals surface area contributed by atoms with Crippen LogP contribution in [0.1, 0.15) is 36.8 Å². The van der Waals surface area contributed by atoms with Crippen molar-refractivity contribution in [1.29, 1.82) is 0 Å². The van der Waals surface area contributed by atoms with Gasteiger partial charge in [0, 0.05) is 23.8 Å². The van der Waals surface area contributed by atoms with Crippen LogP contribution < -0.4 is 4.74 Å². The molecule has 0 bridgehead atoms. The van der Waals surface area contributed by atoms with Gasteiger partial charge >= 0.3 is 0 Å². The first-order valence-electron chi connectivity index (χ1n) is 10.1. The van der Waals surface area contributed by atoms with Gasteiger partial charge in [-0.3, -0.25) is 0 Å². The van der Waals surface area contributed by atoms with Crippen molar-refractivity contribution in [3.05, 3.63) is 71.3 Å². The Morgan fingerprint density at radius 3 is 2.36 bits per heavy atom. The van der Waals surface area contributed by atoms with E-state index < -0.39 is 0 Å². The van der Waals surface area contributed by atoms with Crippen LogP contribution in [0.2, 0.25) is 0 Å². The molecule has 2 spiro atoms. The Kier molecular flexibility index (Phi) is 4.47. The van der Waals surface area contributed by atoms with Crippen LogP contribution in [-0.4, -0.2) is 25.6 Å². The molecule has 0 aromatic heterocycles. The van der Waals surface area contributed by atoms with Crippen molar-refractivity contribution in [3.8, 4) is 17.6 Å². The van der Waals surface area contributed by atoms with E-state index in [1.807, 2.05) is 30.3 Å². The fraction of sp³-hybridized carbons (Fsp3) is 0.360. The Hall–Kier alpha value is -2.54. The summed E-state index contributed by atoms with van der Waals surface area (Å²) < 4.78 is 17.7. The number of hydrogen-bond acceptors (Lipinski definition) is 3. The van der Waals surface area contributed by atoms with Crippen LogP contribution in [0, 0.1) is 11.8 Å². The fourth-order valence-corrected chi connectivity index (χ4v) is 4.80. The third-order valence-electron chi connectivity index (χ3n) is 6.25. The number of para-hydroxylation sites is 1. The summed E-state index contributed by atoms with van der Waals surface area (Å²) in [5.41, 5.74) is 3.88. The summed E-state index contributed by atoms with van der Waals surface area (Å²) in [6.07, 6.45) is 6.11. The van der Waals surface area contributed by atoms with E-state index in [1.54, 1.807) is 0 Å². The average Bonchev–Trinajstić information content (AvgIpc) is 3.32. The van der Waals surface area contributed by atoms with E-state index in [0.717, 1.165) is 31.4 Å². The summed E-state index contributed by atoms with van der Waals surface area (Å²) in [5, 5.41) is 0. The van der Waals surface area contributed by atoms with Crippen molar-refractivity contribution in [3.63, 3.8) is 0 Å². The molecule has 0 unspecified atom stereocenters. The summed E-state index contributed by atoms with van der Waals surface area (Å²) in [7, 11) is 0. The largest absolute Gasteiger partial charge is 0.481 e. The second-order valence-electron chi connectivity index (χ2n) is 7.74. The molecule has 2 fully saturated rings. The molecule has 3 nitrogen and oxygen atoms in total. The predicted molar refractivity (Wildman–Crippen MR) is 109 cm³/mol. The van der Waals surface area contributed by atoms with Crippen LogP contribution in [0.5, 0.6) is 5.75 Å². The monoisotopic (exact) mass is 372 g/mol. The molecule has 142 valence electrons. The highest BCUT2D eigenvalue weighted by molar-refractivity contribution is 5.74. The molecular formula is C25H24O3. The highest BCUT2D eigenvalue weighted by atomic mass is 16.7. The lowest BCUT2D eigenvalue weighted by atomic mass is 9.65. The molecular weight excluding hydrogens is 348 g/mol. The highest BCUT2D eigenvalue weighted by Crippen LogP contribution is 2.54. The fourth-order valence-electron chi connectivity index (χ4n) is 4.80. The third-order valence-corrected chi connectivity index (χ3v) is 6.25. The molecule has 1 saturated carbocycles. The summed E-state index contributed by atoms with van der Waals surface area (Å²) in [4.78, 5) is 0. The highest BCUT2D eigenvalue weighted by Gasteiger charge is 2.50. The van der Waals surface area contributed by atoms with Crippen molar-refractivity contribution >= 4 is 6.08 Å². The van der Waals surface area contributed by atoms with Crippen molar-refractivity contribution in [2.45, 2.75) is 36.9 Å². The zero-order chi connectivity index (χ0) is 18.9. The number of ether oxygens (including phenoxy) is 3. The molecule has 5 rings (SSSR count). The molecule has 0 radical (unpaired) electrons. The van der Waals surface area contributed by atoms with Crippen LogP contribution in [-0.2, 0) is 14.9 Å². The second-order valence-corrected chi connectivity index (χ2v) is 7.74. The summed E-state index contributed by atoms with van der Waals surface area (Å²) in [5.74, 6) is 7.17. The van der Waals surface area contributed by atoms with E-state index in [0.29, 0.717) is 19.8 Å². The topological polar surface area (TPSA) is 27.7 Å². The van der Waals surface area contributed by atoms with Crippen LogP contribution >= 0.6 is 0 Å². The average molecular weight is 372 g/mol. The van der Waals surface area contributed by atoms with Gasteiger partial charge in [0.2, 0.25) is 0 Å². The zero-order valence-corrected chi connectivity index (χ0v) is 15.9. The number of allylic oxidation sites excluding steroid dienone is 1. The Labute approximate surface area is 166 Å². The van der Waals surface area contributed by atoms with Gasteiger partial charge in [-0.15, -0.1) is 0 Å². The normalized spacial score (nSPS) is 21.1. The number of hydrogen-bond donors (Lipinski definition) is 0. The van der Waals surface area contributed by atoms with Crippen LogP contribution in [0.15, 0.2) is 60.2 Å². The molecule has 1 aliphatic heterocycles. The second kappa shape index (κ2) is 7.13. The molecule has 0 N–H and O–H groups in total. The summed E-state index contributed by atoms with van der Waals surface area (Å²) >= 11 is 0. The number of fused-ring (bicyclic) bond motifs is 2. The molecule has 3 aliphatic rings. The van der Waals surface area contributed by atoms with Gasteiger partial charge in [-0.1, -0.05) is 54.3 Å². The lowest BCUT2D eigenvalue weighted by Crippen LogP contribution is -2.42. The Bertz CT molecular complexity index is 933. The van der Waals surface area contributed by atoms with Gasteiger partial charge < -0.3 is 14.2 Å². The molecule has 1 saturated heterocycles. The minimum atomic E-state index is -0.363. The van der Waals surface area contributed by atoms with Gasteiger partial charge in [0.1, 0.15) is 12.4 Å². The van der Waals surface area contributed by atoms with Gasteiger partial charge in [0.15, 0.2) is 5.79 Å². The van der Waals surface area contributed by atoms with Crippen LogP contribution in [0.3, 0.4) is 0 Å². The van der Waals surface area contributed by atoms with Crippen LogP contribution in [0.25, 0.3) is 6.08 Å². The standard InChI is InChI=1S/C25H24O3/c1-2-9-22(10-3-1)26-16-6-8-21-19-20-7-4-5-11-23(20)24(21)12-14-25(15-13-24)27-17-18-28-25/h1-5,7,9-11,19H,12-18H2. The molecule has 0 atom stereocenters. The Morgan fingerprint density at radius 2 is 1.57 bits per heavy atom. The number of benzene rings is 2. The minimum Gasteiger partial charge on any atom is -0.481 e. The maximum atomic E-state index is 5.96. The third kappa shape index (κ3) is 3.03. The first-order chi connectivity index (χ1) is 13.8. The van der Waals surface area contributed by atoms with E-state index in [-0.39, 0.29) is 11.2 Å². The molecule has 1 heterocycles. The molecule has 2 aromatic rings. The van der Waals surface area contributed by atoms with E-state index in [4.69, 9.17) is 14.2 Å². The minimum absolute atomic E-state index is 0.0170. The first kappa shape index (κ1) is 17.6. The van der Waals surface area contributed by atoms with Gasteiger partial charge in [-0.2, -0.15) is 0 Å². The maximum Gasteiger partial charge on any atom is 0.168 e. The number of rotatable bonds is 2. The molecule has 2 aliphatic carbocycles. The smallest absolute Gasteiger partial charge is 0.168 e. The van der Waals surface area contributed by atoms with Gasteiger partial charge in [0.25, 0.3) is 0 Å². The molecule has 0 amide bonds. The van der Waals surface area contributed by atoms with Crippen molar-refractivity contribution in [2.75, 3.05) is 19.8 Å². The Morgan fingerprint density at radius 1 is 0.857 bits per heavy atom. The van der Waals surface area contributed by atoms with Crippen molar-refractivity contribution in [1.82, 2.24) is 0 Å². The van der Waals surface area contributed by atoms with Crippen molar-refractivity contribution in [2.24, 2.45) is 0 Å². The van der Waals surface area contributed by atoms with Crippen LogP contribution in [0.4, 0.5) is 0 Å². The molecule has 3 heteroatoms. The maximum absolute atomic E-state index is 5.96. The van der Waals surface area contributed by atoms with E-state index >= 15 is 0 Å². The van der Waals surface area contributed by atoms with Gasteiger partial charge in [-0.25, -0.2) is 0 Å². The van der Waals surface area contributed by atoms with Gasteiger partial charge in [-0.05, 0) is 42.2 Å². The Balaban J connectivity index is 1.37. The summed E-state index contributed by atoms with van der Waals surface area (Å²) in [6, 6.07) is 18.5.